The second kappa shape index (κ2) is 9.00. The average molecular weight is 425 g/mol. The Hall–Kier alpha value is -4.66. The number of pyridine rings is 4. The molecule has 158 valence electrons. The van der Waals surface area contributed by atoms with Crippen LogP contribution in [-0.2, 0) is 9.59 Å². The highest BCUT2D eigenvalue weighted by molar-refractivity contribution is 6.07. The summed E-state index contributed by atoms with van der Waals surface area (Å²) in [5, 5.41) is 6.68. The zero-order valence-corrected chi connectivity index (χ0v) is 17.1. The summed E-state index contributed by atoms with van der Waals surface area (Å²) in [5.74, 6) is -0.295. The topological polar surface area (TPSA) is 136 Å². The summed E-state index contributed by atoms with van der Waals surface area (Å²) in [6.07, 6.45) is 10.4. The Labute approximate surface area is 183 Å². The summed E-state index contributed by atoms with van der Waals surface area (Å²) in [4.78, 5) is 40.9. The maximum atomic E-state index is 12.2. The van der Waals surface area contributed by atoms with E-state index in [1.807, 2.05) is 19.1 Å². The molecule has 9 nitrogen and oxygen atoms in total. The number of fused-ring (bicyclic) bond motifs is 1. The van der Waals surface area contributed by atoms with Crippen LogP contribution in [0.5, 0.6) is 0 Å². The number of nitrogen functional groups attached to an aromatic ring is 1. The zero-order valence-electron chi connectivity index (χ0n) is 17.1. The van der Waals surface area contributed by atoms with Gasteiger partial charge in [-0.25, -0.2) is 9.97 Å². The van der Waals surface area contributed by atoms with Crippen molar-refractivity contribution in [3.8, 4) is 11.3 Å². The molecule has 2 amide bonds. The van der Waals surface area contributed by atoms with Crippen molar-refractivity contribution in [2.24, 2.45) is 0 Å². The maximum absolute atomic E-state index is 12.2. The number of aryl methyl sites for hydroxylation is 1. The fraction of sp³-hybridized carbons (Fsp3) is 0.0435. The van der Waals surface area contributed by atoms with Gasteiger partial charge in [0.05, 0.1) is 17.6 Å². The molecule has 32 heavy (non-hydrogen) atoms. The molecule has 4 aromatic heterocycles. The van der Waals surface area contributed by atoms with Crippen LogP contribution in [0.4, 0.5) is 17.3 Å². The van der Waals surface area contributed by atoms with Crippen LogP contribution in [-0.4, -0.2) is 31.8 Å². The summed E-state index contributed by atoms with van der Waals surface area (Å²) in [6, 6.07) is 8.85. The lowest BCUT2D eigenvalue weighted by molar-refractivity contribution is -0.114. The molecular weight excluding hydrogens is 406 g/mol. The molecule has 0 aliphatic heterocycles. The van der Waals surface area contributed by atoms with Gasteiger partial charge in [0, 0.05) is 47.9 Å². The van der Waals surface area contributed by atoms with Crippen molar-refractivity contribution in [1.29, 1.82) is 0 Å². The lowest BCUT2D eigenvalue weighted by atomic mass is 10.1. The first kappa shape index (κ1) is 20.6. The van der Waals surface area contributed by atoms with Crippen molar-refractivity contribution in [2.45, 2.75) is 6.92 Å². The van der Waals surface area contributed by atoms with E-state index in [1.165, 1.54) is 6.20 Å². The molecule has 0 aliphatic rings. The van der Waals surface area contributed by atoms with Gasteiger partial charge in [-0.15, -0.1) is 0 Å². The summed E-state index contributed by atoms with van der Waals surface area (Å²) in [6.45, 7) is 1.97. The monoisotopic (exact) mass is 425 g/mol. The number of hydrogen-bond acceptors (Lipinski definition) is 7. The van der Waals surface area contributed by atoms with E-state index in [0.29, 0.717) is 28.4 Å². The Morgan fingerprint density at radius 3 is 2.50 bits per heavy atom. The van der Waals surface area contributed by atoms with Gasteiger partial charge in [0.2, 0.25) is 11.8 Å². The fourth-order valence-electron chi connectivity index (χ4n) is 3.05. The Balaban J connectivity index is 1.51. The van der Waals surface area contributed by atoms with Gasteiger partial charge < -0.3 is 16.4 Å². The third-order valence-corrected chi connectivity index (χ3v) is 4.63. The second-order valence-corrected chi connectivity index (χ2v) is 6.93. The molecule has 0 saturated heterocycles. The largest absolute Gasteiger partial charge is 0.383 e. The standard InChI is InChI=1S/C23H19N7O2/c1-14-6-8-26-12-17(14)19-9-15-10-20(27-13-18(15)23(24)29-19)30-22(32)5-4-21(31)28-16-3-2-7-25-11-16/h2-13H,1H3,(H2,24,29)(H,28,31)(H,27,30,32)/b5-4-. The van der Waals surface area contributed by atoms with Crippen LogP contribution in [0.15, 0.2) is 73.5 Å². The molecule has 4 N–H and O–H groups in total. The van der Waals surface area contributed by atoms with E-state index in [1.54, 1.807) is 43.0 Å². The van der Waals surface area contributed by atoms with Crippen molar-refractivity contribution >= 4 is 39.9 Å². The van der Waals surface area contributed by atoms with E-state index in [0.717, 1.165) is 28.7 Å². The highest BCUT2D eigenvalue weighted by Gasteiger charge is 2.10. The molecule has 4 aromatic rings. The number of hydrogen-bond donors (Lipinski definition) is 3. The van der Waals surface area contributed by atoms with E-state index in [9.17, 15) is 9.59 Å². The summed E-state index contributed by atoms with van der Waals surface area (Å²) < 4.78 is 0. The molecule has 0 radical (unpaired) electrons. The normalized spacial score (nSPS) is 10.9. The molecule has 0 aromatic carbocycles. The minimum atomic E-state index is -0.497. The van der Waals surface area contributed by atoms with Crippen LogP contribution in [0.1, 0.15) is 5.56 Å². The number of aromatic nitrogens is 4. The van der Waals surface area contributed by atoms with Gasteiger partial charge in [-0.05, 0) is 48.2 Å². The number of amides is 2. The quantitative estimate of drug-likeness (QED) is 0.418. The van der Waals surface area contributed by atoms with Crippen molar-refractivity contribution in [2.75, 3.05) is 16.4 Å². The van der Waals surface area contributed by atoms with Crippen molar-refractivity contribution < 1.29 is 9.59 Å². The van der Waals surface area contributed by atoms with Crippen molar-refractivity contribution in [3.63, 3.8) is 0 Å². The van der Waals surface area contributed by atoms with Gasteiger partial charge >= 0.3 is 0 Å². The Kier molecular flexibility index (Phi) is 5.80. The van der Waals surface area contributed by atoms with Crippen LogP contribution < -0.4 is 16.4 Å². The van der Waals surface area contributed by atoms with Crippen molar-refractivity contribution in [3.05, 3.63) is 79.0 Å². The number of nitrogens with one attached hydrogen (secondary N) is 2. The van der Waals surface area contributed by atoms with Crippen LogP contribution in [0.25, 0.3) is 22.0 Å². The van der Waals surface area contributed by atoms with E-state index in [4.69, 9.17) is 5.73 Å². The molecule has 9 heteroatoms. The minimum absolute atomic E-state index is 0.319. The Morgan fingerprint density at radius 1 is 0.969 bits per heavy atom. The van der Waals surface area contributed by atoms with Gasteiger partial charge in [0.1, 0.15) is 11.6 Å². The van der Waals surface area contributed by atoms with E-state index in [2.05, 4.69) is 30.6 Å². The SMILES string of the molecule is Cc1ccncc1-c1cc2cc(NC(=O)/C=C\C(=O)Nc3cccnc3)ncc2c(N)n1. The smallest absolute Gasteiger partial charge is 0.249 e. The first-order chi connectivity index (χ1) is 15.5. The molecular formula is C23H19N7O2. The predicted octanol–water partition coefficient (Wildman–Crippen LogP) is 3.11. The molecule has 4 rings (SSSR count). The molecule has 0 unspecified atom stereocenters. The molecule has 0 spiro atoms. The van der Waals surface area contributed by atoms with Gasteiger partial charge in [-0.1, -0.05) is 0 Å². The van der Waals surface area contributed by atoms with Gasteiger partial charge in [-0.2, -0.15) is 0 Å². The van der Waals surface area contributed by atoms with Crippen LogP contribution in [0.3, 0.4) is 0 Å². The lowest BCUT2D eigenvalue weighted by Gasteiger charge is -2.09. The average Bonchev–Trinajstić information content (AvgIpc) is 2.78. The van der Waals surface area contributed by atoms with Crippen LogP contribution in [0, 0.1) is 6.92 Å². The molecule has 0 fully saturated rings. The molecule has 4 heterocycles. The Morgan fingerprint density at radius 2 is 1.75 bits per heavy atom. The first-order valence-corrected chi connectivity index (χ1v) is 9.67. The third-order valence-electron chi connectivity index (χ3n) is 4.63. The number of rotatable bonds is 5. The highest BCUT2D eigenvalue weighted by Crippen LogP contribution is 2.28. The number of carbonyl (C=O) groups is 2. The van der Waals surface area contributed by atoms with Crippen LogP contribution >= 0.6 is 0 Å². The lowest BCUT2D eigenvalue weighted by Crippen LogP contribution is -2.12. The third kappa shape index (κ3) is 4.73. The fourth-order valence-corrected chi connectivity index (χ4v) is 3.05. The number of carbonyl (C=O) groups excluding carboxylic acids is 2. The molecule has 0 bridgehead atoms. The summed E-state index contributed by atoms with van der Waals surface area (Å²) in [5.41, 5.74) is 9.21. The zero-order chi connectivity index (χ0) is 22.5. The summed E-state index contributed by atoms with van der Waals surface area (Å²) in [7, 11) is 0. The van der Waals surface area contributed by atoms with Gasteiger partial charge in [0.25, 0.3) is 0 Å². The number of nitrogens with two attached hydrogens (primary N) is 1. The highest BCUT2D eigenvalue weighted by atomic mass is 16.2. The van der Waals surface area contributed by atoms with E-state index >= 15 is 0 Å². The van der Waals surface area contributed by atoms with Gasteiger partial charge in [-0.3, -0.25) is 19.6 Å². The number of anilines is 3. The first-order valence-electron chi connectivity index (χ1n) is 9.67. The van der Waals surface area contributed by atoms with Crippen LogP contribution in [0.2, 0.25) is 0 Å². The molecule has 0 saturated carbocycles. The van der Waals surface area contributed by atoms with Crippen molar-refractivity contribution in [1.82, 2.24) is 19.9 Å². The molecule has 0 aliphatic carbocycles. The van der Waals surface area contributed by atoms with Gasteiger partial charge in [0.15, 0.2) is 0 Å². The van der Waals surface area contributed by atoms with E-state index in [-0.39, 0.29) is 0 Å². The minimum Gasteiger partial charge on any atom is -0.383 e. The maximum Gasteiger partial charge on any atom is 0.249 e. The van der Waals surface area contributed by atoms with E-state index < -0.39 is 11.8 Å². The predicted molar refractivity (Wildman–Crippen MR) is 123 cm³/mol. The Bertz CT molecular complexity index is 1340. The summed E-state index contributed by atoms with van der Waals surface area (Å²) >= 11 is 0. The number of nitrogens with zero attached hydrogens (tertiary/aromatic N) is 4. The second-order valence-electron chi connectivity index (χ2n) is 6.93. The molecule has 0 atom stereocenters.